The lowest BCUT2D eigenvalue weighted by molar-refractivity contribution is -0.137. The third kappa shape index (κ3) is 4.09. The second-order valence-corrected chi connectivity index (χ2v) is 6.91. The van der Waals surface area contributed by atoms with E-state index in [1.165, 1.54) is 24.3 Å². The summed E-state index contributed by atoms with van der Waals surface area (Å²) in [6.45, 7) is 1.02. The zero-order valence-corrected chi connectivity index (χ0v) is 16.6. The van der Waals surface area contributed by atoms with Crippen molar-refractivity contribution in [1.29, 1.82) is 0 Å². The molecule has 2 heterocycles. The summed E-state index contributed by atoms with van der Waals surface area (Å²) in [5.74, 6) is -1.33. The largest absolute Gasteiger partial charge is 0.454 e. The number of hydrogen-bond acceptors (Lipinski definition) is 6. The summed E-state index contributed by atoms with van der Waals surface area (Å²) < 4.78 is 50.7. The molecule has 0 amide bonds. The predicted octanol–water partition coefficient (Wildman–Crippen LogP) is 5.26. The predicted molar refractivity (Wildman–Crippen MR) is 108 cm³/mol. The van der Waals surface area contributed by atoms with Crippen molar-refractivity contribution in [2.24, 2.45) is 0 Å². The number of ketones is 1. The highest BCUT2D eigenvalue weighted by Gasteiger charge is 2.34. The Bertz CT molecular complexity index is 1310. The fourth-order valence-electron chi connectivity index (χ4n) is 3.26. The molecule has 0 unspecified atom stereocenters. The van der Waals surface area contributed by atoms with Gasteiger partial charge in [0.05, 0.1) is 27.9 Å². The van der Waals surface area contributed by atoms with Crippen molar-refractivity contribution in [1.82, 2.24) is 10.1 Å². The number of aryl methyl sites for hydroxylation is 1. The lowest BCUT2D eigenvalue weighted by Gasteiger charge is -2.13. The first kappa shape index (κ1) is 21.2. The Kier molecular flexibility index (Phi) is 5.48. The van der Waals surface area contributed by atoms with Crippen LogP contribution in [0.15, 0.2) is 65.2 Å². The molecule has 6 nitrogen and oxygen atoms in total. The van der Waals surface area contributed by atoms with Crippen molar-refractivity contribution in [2.45, 2.75) is 13.1 Å². The van der Waals surface area contributed by atoms with Gasteiger partial charge in [-0.05, 0) is 19.1 Å². The van der Waals surface area contributed by atoms with Gasteiger partial charge in [-0.15, -0.1) is 0 Å². The van der Waals surface area contributed by atoms with Gasteiger partial charge >= 0.3 is 12.1 Å². The van der Waals surface area contributed by atoms with E-state index in [-0.39, 0.29) is 27.9 Å². The second kappa shape index (κ2) is 8.26. The molecule has 0 saturated carbocycles. The van der Waals surface area contributed by atoms with E-state index in [9.17, 15) is 22.8 Å². The molecule has 9 heteroatoms. The molecule has 4 rings (SSSR count). The molecule has 0 aliphatic heterocycles. The normalized spacial score (nSPS) is 11.5. The quantitative estimate of drug-likeness (QED) is 0.311. The Morgan fingerprint density at radius 2 is 1.72 bits per heavy atom. The molecule has 32 heavy (non-hydrogen) atoms. The van der Waals surface area contributed by atoms with E-state index in [1.807, 2.05) is 0 Å². The third-order valence-electron chi connectivity index (χ3n) is 4.78. The minimum Gasteiger partial charge on any atom is -0.454 e. The summed E-state index contributed by atoms with van der Waals surface area (Å²) in [5.41, 5.74) is -0.819. The number of carbonyl (C=O) groups is 2. The number of aromatic nitrogens is 2. The lowest BCUT2D eigenvalue weighted by Crippen LogP contribution is -2.15. The van der Waals surface area contributed by atoms with Crippen molar-refractivity contribution < 1.29 is 32.0 Å². The Morgan fingerprint density at radius 1 is 1.03 bits per heavy atom. The van der Waals surface area contributed by atoms with Crippen LogP contribution in [0.1, 0.15) is 32.0 Å². The van der Waals surface area contributed by atoms with Gasteiger partial charge in [0.25, 0.3) is 5.71 Å². The Labute approximate surface area is 179 Å². The fraction of sp³-hybridized carbons (Fsp3) is 0.130. The van der Waals surface area contributed by atoms with Gasteiger partial charge in [0.1, 0.15) is 0 Å². The molecule has 0 saturated heterocycles. The number of rotatable bonds is 5. The Hall–Kier alpha value is -4.01. The number of ether oxygens (including phenoxy) is 1. The molecule has 0 N–H and O–H groups in total. The molecule has 0 radical (unpaired) electrons. The summed E-state index contributed by atoms with van der Waals surface area (Å²) >= 11 is 0. The van der Waals surface area contributed by atoms with Gasteiger partial charge < -0.3 is 9.26 Å². The number of fused-ring (bicyclic) bond motifs is 1. The maximum Gasteiger partial charge on any atom is 0.417 e. The van der Waals surface area contributed by atoms with E-state index in [4.69, 9.17) is 9.26 Å². The fourth-order valence-corrected chi connectivity index (χ4v) is 3.26. The highest BCUT2D eigenvalue weighted by atomic mass is 19.4. The first-order chi connectivity index (χ1) is 15.3. The standard InChI is InChI=1S/C23H15F3N2O4/c1-13-20-16(22(30)31-12-19(29)14-7-3-2-4-8-14)11-18(27-21(20)32-28-13)15-9-5-6-10-17(15)23(24,25)26/h2-11H,12H2,1H3. The molecule has 4 aromatic rings. The zero-order valence-electron chi connectivity index (χ0n) is 16.6. The number of alkyl halides is 3. The third-order valence-corrected chi connectivity index (χ3v) is 4.78. The summed E-state index contributed by atoms with van der Waals surface area (Å²) in [4.78, 5) is 29.2. The highest BCUT2D eigenvalue weighted by Crippen LogP contribution is 2.37. The molecular weight excluding hydrogens is 425 g/mol. The molecule has 0 bridgehead atoms. The van der Waals surface area contributed by atoms with Gasteiger partial charge in [-0.25, -0.2) is 9.78 Å². The monoisotopic (exact) mass is 440 g/mol. The molecule has 0 spiro atoms. The first-order valence-corrected chi connectivity index (χ1v) is 9.44. The van der Waals surface area contributed by atoms with E-state index in [0.29, 0.717) is 11.3 Å². The highest BCUT2D eigenvalue weighted by molar-refractivity contribution is 6.06. The van der Waals surface area contributed by atoms with Crippen LogP contribution in [0.4, 0.5) is 13.2 Å². The van der Waals surface area contributed by atoms with Crippen LogP contribution >= 0.6 is 0 Å². The van der Waals surface area contributed by atoms with E-state index in [2.05, 4.69) is 10.1 Å². The smallest absolute Gasteiger partial charge is 0.417 e. The van der Waals surface area contributed by atoms with Crippen molar-refractivity contribution in [3.05, 3.63) is 83.0 Å². The van der Waals surface area contributed by atoms with Gasteiger partial charge in [-0.2, -0.15) is 13.2 Å². The summed E-state index contributed by atoms with van der Waals surface area (Å²) in [5, 5.41) is 3.96. The maximum atomic E-state index is 13.5. The molecule has 0 fully saturated rings. The van der Waals surface area contributed by atoms with Gasteiger partial charge in [-0.1, -0.05) is 53.7 Å². The van der Waals surface area contributed by atoms with Crippen LogP contribution in [0.25, 0.3) is 22.4 Å². The average molecular weight is 440 g/mol. The number of esters is 1. The molecule has 2 aromatic heterocycles. The molecule has 0 atom stereocenters. The molecule has 0 aliphatic carbocycles. The van der Waals surface area contributed by atoms with Crippen LogP contribution in [0, 0.1) is 6.92 Å². The molecule has 2 aromatic carbocycles. The van der Waals surface area contributed by atoms with Crippen molar-refractivity contribution in [2.75, 3.05) is 6.61 Å². The van der Waals surface area contributed by atoms with E-state index >= 15 is 0 Å². The van der Waals surface area contributed by atoms with Crippen molar-refractivity contribution in [3.8, 4) is 11.3 Å². The Morgan fingerprint density at radius 3 is 2.44 bits per heavy atom. The van der Waals surface area contributed by atoms with Crippen LogP contribution in [0.5, 0.6) is 0 Å². The number of Topliss-reactive ketones (excluding diaryl/α,β-unsaturated/α-hetero) is 1. The molecule has 162 valence electrons. The second-order valence-electron chi connectivity index (χ2n) is 6.91. The number of benzene rings is 2. The first-order valence-electron chi connectivity index (χ1n) is 9.44. The van der Waals surface area contributed by atoms with Crippen molar-refractivity contribution in [3.63, 3.8) is 0 Å². The summed E-state index contributed by atoms with van der Waals surface area (Å²) in [6.07, 6.45) is -4.63. The lowest BCUT2D eigenvalue weighted by atomic mass is 10.0. The minimum absolute atomic E-state index is 0.0958. The number of halogens is 3. The van der Waals surface area contributed by atoms with Crippen LogP contribution < -0.4 is 0 Å². The van der Waals surface area contributed by atoms with Gasteiger partial charge in [0.2, 0.25) is 0 Å². The number of hydrogen-bond donors (Lipinski definition) is 0. The van der Waals surface area contributed by atoms with Crippen LogP contribution in [-0.2, 0) is 10.9 Å². The minimum atomic E-state index is -4.63. The molecule has 0 aliphatic rings. The van der Waals surface area contributed by atoms with Gasteiger partial charge in [0.15, 0.2) is 12.4 Å². The van der Waals surface area contributed by atoms with E-state index < -0.39 is 30.1 Å². The summed E-state index contributed by atoms with van der Waals surface area (Å²) in [7, 11) is 0. The van der Waals surface area contributed by atoms with Gasteiger partial charge in [-0.3, -0.25) is 4.79 Å². The molecular formula is C23H15F3N2O4. The Balaban J connectivity index is 1.73. The topological polar surface area (TPSA) is 82.3 Å². The van der Waals surface area contributed by atoms with E-state index in [1.54, 1.807) is 37.3 Å². The maximum absolute atomic E-state index is 13.5. The number of pyridine rings is 1. The number of nitrogens with zero attached hydrogens (tertiary/aromatic N) is 2. The van der Waals surface area contributed by atoms with Crippen molar-refractivity contribution >= 4 is 22.9 Å². The summed E-state index contributed by atoms with van der Waals surface area (Å²) in [6, 6.07) is 14.3. The average Bonchev–Trinajstić information content (AvgIpc) is 3.17. The SMILES string of the molecule is Cc1noc2nc(-c3ccccc3C(F)(F)F)cc(C(=O)OCC(=O)c3ccccc3)c12. The van der Waals surface area contributed by atoms with Gasteiger partial charge in [0, 0.05) is 11.1 Å². The van der Waals surface area contributed by atoms with E-state index in [0.717, 1.165) is 6.07 Å². The van der Waals surface area contributed by atoms with Crippen LogP contribution in [0.3, 0.4) is 0 Å². The van der Waals surface area contributed by atoms with Crippen LogP contribution in [-0.4, -0.2) is 28.5 Å². The number of carbonyl (C=O) groups excluding carboxylic acids is 2. The zero-order chi connectivity index (χ0) is 22.9. The van der Waals surface area contributed by atoms with Crippen LogP contribution in [0.2, 0.25) is 0 Å².